The van der Waals surface area contributed by atoms with Gasteiger partial charge < -0.3 is 5.32 Å². The Morgan fingerprint density at radius 3 is 2.90 bits per heavy atom. The van der Waals surface area contributed by atoms with Crippen LogP contribution in [0.1, 0.15) is 37.7 Å². The van der Waals surface area contributed by atoms with Crippen molar-refractivity contribution in [3.05, 3.63) is 34.6 Å². The Hall–Kier alpha value is -0.640. The molecule has 1 aromatic rings. The first-order valence-electron chi connectivity index (χ1n) is 7.64. The Labute approximate surface area is 125 Å². The molecule has 0 amide bonds. The van der Waals surface area contributed by atoms with Gasteiger partial charge in [0.2, 0.25) is 0 Å². The fourth-order valence-electron chi connectivity index (χ4n) is 2.98. The van der Waals surface area contributed by atoms with E-state index in [1.165, 1.54) is 38.2 Å². The Kier molecular flexibility index (Phi) is 4.59. The summed E-state index contributed by atoms with van der Waals surface area (Å²) < 4.78 is 13.5. The maximum absolute atomic E-state index is 13.5. The first kappa shape index (κ1) is 14.3. The van der Waals surface area contributed by atoms with Crippen LogP contribution in [0.2, 0.25) is 5.02 Å². The molecule has 0 aromatic heterocycles. The number of rotatable bonds is 5. The number of nitrogens with zero attached hydrogens (tertiary/aromatic N) is 1. The molecule has 1 aliphatic carbocycles. The second-order valence-electron chi connectivity index (χ2n) is 6.02. The van der Waals surface area contributed by atoms with Gasteiger partial charge in [-0.25, -0.2) is 4.39 Å². The number of benzene rings is 1. The molecule has 1 atom stereocenters. The number of nitrogens with one attached hydrogen (secondary N) is 1. The Bertz CT molecular complexity index is 462. The summed E-state index contributed by atoms with van der Waals surface area (Å²) >= 11 is 6.08. The summed E-state index contributed by atoms with van der Waals surface area (Å²) in [5, 5.41) is 3.90. The van der Waals surface area contributed by atoms with Crippen LogP contribution in [0.5, 0.6) is 0 Å². The quantitative estimate of drug-likeness (QED) is 0.893. The molecule has 1 aromatic carbocycles. The monoisotopic (exact) mass is 296 g/mol. The normalized spacial score (nSPS) is 24.0. The molecule has 110 valence electrons. The molecule has 2 aliphatic rings. The van der Waals surface area contributed by atoms with Crippen LogP contribution in [0.3, 0.4) is 0 Å². The summed E-state index contributed by atoms with van der Waals surface area (Å²) in [7, 11) is 0. The zero-order chi connectivity index (χ0) is 13.9. The number of likely N-dealkylation sites (tertiary alicyclic amines) is 1. The molecule has 20 heavy (non-hydrogen) atoms. The van der Waals surface area contributed by atoms with Gasteiger partial charge >= 0.3 is 0 Å². The summed E-state index contributed by atoms with van der Waals surface area (Å²) in [6.45, 7) is 2.90. The van der Waals surface area contributed by atoms with Crippen LogP contribution >= 0.6 is 11.6 Å². The standard InChI is InChI=1S/C16H22ClFN2/c17-16-12(4-3-6-15(16)18)11-20-9-2-1-5-14(20)10-19-13-7-8-13/h3-4,6,13-14,19H,1-2,5,7-11H2. The van der Waals surface area contributed by atoms with Crippen molar-refractivity contribution in [1.82, 2.24) is 10.2 Å². The summed E-state index contributed by atoms with van der Waals surface area (Å²) in [6.07, 6.45) is 6.40. The van der Waals surface area contributed by atoms with Gasteiger partial charge in [-0.1, -0.05) is 30.2 Å². The largest absolute Gasteiger partial charge is 0.312 e. The lowest BCUT2D eigenvalue weighted by Crippen LogP contribution is -2.45. The average molecular weight is 297 g/mol. The van der Waals surface area contributed by atoms with Crippen molar-refractivity contribution >= 4 is 11.6 Å². The predicted octanol–water partition coefficient (Wildman–Crippen LogP) is 3.59. The number of halogens is 2. The zero-order valence-corrected chi connectivity index (χ0v) is 12.5. The number of piperidine rings is 1. The maximum atomic E-state index is 13.5. The molecule has 1 N–H and O–H groups in total. The lowest BCUT2D eigenvalue weighted by atomic mass is 10.0. The van der Waals surface area contributed by atoms with E-state index in [0.717, 1.165) is 31.2 Å². The van der Waals surface area contributed by atoms with E-state index in [9.17, 15) is 4.39 Å². The second-order valence-corrected chi connectivity index (χ2v) is 6.39. The van der Waals surface area contributed by atoms with Gasteiger partial charge in [0.05, 0.1) is 5.02 Å². The van der Waals surface area contributed by atoms with Crippen molar-refractivity contribution < 1.29 is 4.39 Å². The molecule has 1 saturated heterocycles. The van der Waals surface area contributed by atoms with Gasteiger partial charge in [-0.2, -0.15) is 0 Å². The van der Waals surface area contributed by atoms with E-state index in [1.807, 2.05) is 6.07 Å². The molecule has 3 rings (SSSR count). The fourth-order valence-corrected chi connectivity index (χ4v) is 3.16. The number of hydrogen-bond donors (Lipinski definition) is 1. The van der Waals surface area contributed by atoms with Gasteiger partial charge in [-0.15, -0.1) is 0 Å². The van der Waals surface area contributed by atoms with Crippen LogP contribution in [-0.2, 0) is 6.54 Å². The molecule has 0 spiro atoms. The van der Waals surface area contributed by atoms with Gasteiger partial charge in [-0.05, 0) is 43.9 Å². The van der Waals surface area contributed by atoms with Crippen LogP contribution in [0.15, 0.2) is 18.2 Å². The molecule has 1 unspecified atom stereocenters. The Morgan fingerprint density at radius 2 is 2.10 bits per heavy atom. The first-order valence-corrected chi connectivity index (χ1v) is 8.02. The molecule has 2 fully saturated rings. The maximum Gasteiger partial charge on any atom is 0.142 e. The van der Waals surface area contributed by atoms with E-state index >= 15 is 0 Å². The van der Waals surface area contributed by atoms with Crippen molar-refractivity contribution in [2.24, 2.45) is 0 Å². The highest BCUT2D eigenvalue weighted by Crippen LogP contribution is 2.26. The Balaban J connectivity index is 1.64. The lowest BCUT2D eigenvalue weighted by molar-refractivity contribution is 0.137. The molecule has 0 radical (unpaired) electrons. The van der Waals surface area contributed by atoms with Crippen LogP contribution < -0.4 is 5.32 Å². The number of hydrogen-bond acceptors (Lipinski definition) is 2. The van der Waals surface area contributed by atoms with Crippen molar-refractivity contribution in [1.29, 1.82) is 0 Å². The van der Waals surface area contributed by atoms with E-state index in [4.69, 9.17) is 11.6 Å². The zero-order valence-electron chi connectivity index (χ0n) is 11.7. The van der Waals surface area contributed by atoms with Gasteiger partial charge in [0.25, 0.3) is 0 Å². The van der Waals surface area contributed by atoms with Gasteiger partial charge in [0.15, 0.2) is 0 Å². The fraction of sp³-hybridized carbons (Fsp3) is 0.625. The molecule has 0 bridgehead atoms. The van der Waals surface area contributed by atoms with E-state index in [-0.39, 0.29) is 10.8 Å². The van der Waals surface area contributed by atoms with E-state index in [2.05, 4.69) is 10.2 Å². The van der Waals surface area contributed by atoms with Crippen molar-refractivity contribution in [2.45, 2.75) is 50.7 Å². The van der Waals surface area contributed by atoms with E-state index in [1.54, 1.807) is 6.07 Å². The molecule has 1 aliphatic heterocycles. The minimum absolute atomic E-state index is 0.284. The summed E-state index contributed by atoms with van der Waals surface area (Å²) in [5.74, 6) is -0.311. The molecular weight excluding hydrogens is 275 g/mol. The molecule has 1 heterocycles. The van der Waals surface area contributed by atoms with Gasteiger partial charge in [0.1, 0.15) is 5.82 Å². The van der Waals surface area contributed by atoms with Crippen LogP contribution in [0.25, 0.3) is 0 Å². The van der Waals surface area contributed by atoms with Crippen molar-refractivity contribution in [2.75, 3.05) is 13.1 Å². The first-order chi connectivity index (χ1) is 9.74. The molecule has 4 heteroatoms. The lowest BCUT2D eigenvalue weighted by Gasteiger charge is -2.36. The molecular formula is C16H22ClFN2. The third-order valence-corrected chi connectivity index (χ3v) is 4.80. The second kappa shape index (κ2) is 6.42. The topological polar surface area (TPSA) is 15.3 Å². The van der Waals surface area contributed by atoms with Crippen molar-refractivity contribution in [3.8, 4) is 0 Å². The van der Waals surface area contributed by atoms with Crippen LogP contribution in [0, 0.1) is 5.82 Å². The SMILES string of the molecule is Fc1cccc(CN2CCCCC2CNC2CC2)c1Cl. The van der Waals surface area contributed by atoms with Gasteiger partial charge in [0, 0.05) is 25.2 Å². The predicted molar refractivity (Wildman–Crippen MR) is 80.5 cm³/mol. The van der Waals surface area contributed by atoms with E-state index in [0.29, 0.717) is 6.04 Å². The minimum Gasteiger partial charge on any atom is -0.312 e. The summed E-state index contributed by atoms with van der Waals surface area (Å²) in [6, 6.07) is 6.41. The smallest absolute Gasteiger partial charge is 0.142 e. The Morgan fingerprint density at radius 1 is 1.25 bits per heavy atom. The van der Waals surface area contributed by atoms with Crippen LogP contribution in [0.4, 0.5) is 4.39 Å². The average Bonchev–Trinajstić information content (AvgIpc) is 3.27. The highest BCUT2D eigenvalue weighted by atomic mass is 35.5. The minimum atomic E-state index is -0.311. The van der Waals surface area contributed by atoms with Gasteiger partial charge in [-0.3, -0.25) is 4.90 Å². The summed E-state index contributed by atoms with van der Waals surface area (Å²) in [4.78, 5) is 2.46. The third-order valence-electron chi connectivity index (χ3n) is 4.37. The third kappa shape index (κ3) is 3.51. The highest BCUT2D eigenvalue weighted by molar-refractivity contribution is 6.31. The van der Waals surface area contributed by atoms with Crippen LogP contribution in [-0.4, -0.2) is 30.1 Å². The van der Waals surface area contributed by atoms with Crippen molar-refractivity contribution in [3.63, 3.8) is 0 Å². The molecule has 2 nitrogen and oxygen atoms in total. The molecule has 1 saturated carbocycles. The summed E-state index contributed by atoms with van der Waals surface area (Å²) in [5.41, 5.74) is 0.907. The highest BCUT2D eigenvalue weighted by Gasteiger charge is 2.26. The van der Waals surface area contributed by atoms with E-state index < -0.39 is 0 Å².